The first-order chi connectivity index (χ1) is 14.2. The summed E-state index contributed by atoms with van der Waals surface area (Å²) in [6.45, 7) is 0.679. The Morgan fingerprint density at radius 1 is 1.14 bits per heavy atom. The highest BCUT2D eigenvalue weighted by Crippen LogP contribution is 2.37. The van der Waals surface area contributed by atoms with Crippen molar-refractivity contribution in [3.8, 4) is 22.6 Å². The highest BCUT2D eigenvalue weighted by Gasteiger charge is 2.33. The maximum Gasteiger partial charge on any atom is 0.258 e. The van der Waals surface area contributed by atoms with Gasteiger partial charge in [-0.25, -0.2) is 0 Å². The van der Waals surface area contributed by atoms with Crippen LogP contribution in [-0.4, -0.2) is 46.8 Å². The van der Waals surface area contributed by atoms with Crippen LogP contribution in [0, 0.1) is 0 Å². The molecule has 1 amide bonds. The number of aromatic nitrogens is 3. The molecule has 1 aliphatic rings. The van der Waals surface area contributed by atoms with Crippen molar-refractivity contribution >= 4 is 5.91 Å². The number of methoxy groups -OCH3 is 2. The molecule has 1 aromatic carbocycles. The van der Waals surface area contributed by atoms with Gasteiger partial charge in [-0.2, -0.15) is 5.10 Å². The van der Waals surface area contributed by atoms with E-state index in [0.29, 0.717) is 23.6 Å². The Hall–Kier alpha value is -3.35. The summed E-state index contributed by atoms with van der Waals surface area (Å²) >= 11 is 0. The maximum absolute atomic E-state index is 13.5. The standard InChI is InChI=1S/C22H24N4O3/c1-28-16-6-7-20(29-2)17(13-16)22(27)26-12-4-3-5-19(26)21-18(14-24-25-21)15-8-10-23-11-9-15/h6-11,13-14,19H,3-5,12H2,1-2H3,(H,24,25)/t19-/m1/s1. The summed E-state index contributed by atoms with van der Waals surface area (Å²) in [5, 5.41) is 7.41. The minimum absolute atomic E-state index is 0.0688. The smallest absolute Gasteiger partial charge is 0.258 e. The number of H-pyrrole nitrogens is 1. The summed E-state index contributed by atoms with van der Waals surface area (Å²) in [6, 6.07) is 9.12. The van der Waals surface area contributed by atoms with Gasteiger partial charge in [0.15, 0.2) is 0 Å². The van der Waals surface area contributed by atoms with Crippen LogP contribution in [0.3, 0.4) is 0 Å². The van der Waals surface area contributed by atoms with E-state index in [1.807, 2.05) is 23.2 Å². The highest BCUT2D eigenvalue weighted by molar-refractivity contribution is 5.97. The third kappa shape index (κ3) is 3.68. The number of nitrogens with zero attached hydrogens (tertiary/aromatic N) is 3. The van der Waals surface area contributed by atoms with Crippen molar-refractivity contribution < 1.29 is 14.3 Å². The monoisotopic (exact) mass is 392 g/mol. The summed E-state index contributed by atoms with van der Waals surface area (Å²) in [4.78, 5) is 19.6. The Morgan fingerprint density at radius 2 is 1.97 bits per heavy atom. The lowest BCUT2D eigenvalue weighted by atomic mass is 9.94. The summed E-state index contributed by atoms with van der Waals surface area (Å²) in [5.74, 6) is 1.10. The van der Waals surface area contributed by atoms with Crippen molar-refractivity contribution in [2.45, 2.75) is 25.3 Å². The Morgan fingerprint density at radius 3 is 2.72 bits per heavy atom. The number of benzene rings is 1. The first kappa shape index (κ1) is 19.0. The molecule has 1 aliphatic heterocycles. The molecule has 1 N–H and O–H groups in total. The number of hydrogen-bond donors (Lipinski definition) is 1. The van der Waals surface area contributed by atoms with E-state index in [4.69, 9.17) is 9.47 Å². The number of aromatic amines is 1. The van der Waals surface area contributed by atoms with Crippen LogP contribution in [0.15, 0.2) is 48.9 Å². The number of hydrogen-bond acceptors (Lipinski definition) is 5. The molecule has 0 aliphatic carbocycles. The Labute approximate surface area is 169 Å². The first-order valence-electron chi connectivity index (χ1n) is 9.69. The largest absolute Gasteiger partial charge is 0.497 e. The van der Waals surface area contributed by atoms with E-state index in [1.54, 1.807) is 44.8 Å². The molecular weight excluding hydrogens is 368 g/mol. The number of rotatable bonds is 5. The van der Waals surface area contributed by atoms with Gasteiger partial charge in [0.2, 0.25) is 0 Å². The van der Waals surface area contributed by atoms with Crippen LogP contribution in [0.5, 0.6) is 11.5 Å². The molecule has 3 aromatic rings. The van der Waals surface area contributed by atoms with E-state index >= 15 is 0 Å². The number of pyridine rings is 1. The summed E-state index contributed by atoms with van der Waals surface area (Å²) in [6.07, 6.45) is 8.23. The van der Waals surface area contributed by atoms with Crippen molar-refractivity contribution in [2.75, 3.05) is 20.8 Å². The van der Waals surface area contributed by atoms with E-state index in [-0.39, 0.29) is 11.9 Å². The minimum atomic E-state index is -0.0853. The number of piperidine rings is 1. The van der Waals surface area contributed by atoms with E-state index in [2.05, 4.69) is 15.2 Å². The average Bonchev–Trinajstić information content (AvgIpc) is 3.28. The van der Waals surface area contributed by atoms with Gasteiger partial charge in [-0.3, -0.25) is 14.9 Å². The van der Waals surface area contributed by atoms with Gasteiger partial charge in [-0.15, -0.1) is 0 Å². The summed E-state index contributed by atoms with van der Waals surface area (Å²) in [5.41, 5.74) is 3.48. The number of likely N-dealkylation sites (tertiary alicyclic amines) is 1. The molecule has 0 saturated carbocycles. The quantitative estimate of drug-likeness (QED) is 0.713. The summed E-state index contributed by atoms with van der Waals surface area (Å²) in [7, 11) is 3.16. The average molecular weight is 392 g/mol. The lowest BCUT2D eigenvalue weighted by Crippen LogP contribution is -2.39. The Kier molecular flexibility index (Phi) is 5.46. The van der Waals surface area contributed by atoms with Crippen molar-refractivity contribution in [3.05, 3.63) is 60.2 Å². The third-order valence-electron chi connectivity index (χ3n) is 5.39. The van der Waals surface area contributed by atoms with Gasteiger partial charge in [0.25, 0.3) is 5.91 Å². The number of ether oxygens (including phenoxy) is 2. The van der Waals surface area contributed by atoms with Gasteiger partial charge in [-0.1, -0.05) is 0 Å². The molecule has 3 heterocycles. The van der Waals surface area contributed by atoms with E-state index < -0.39 is 0 Å². The maximum atomic E-state index is 13.5. The molecule has 2 aromatic heterocycles. The van der Waals surface area contributed by atoms with Crippen LogP contribution >= 0.6 is 0 Å². The highest BCUT2D eigenvalue weighted by atomic mass is 16.5. The lowest BCUT2D eigenvalue weighted by Gasteiger charge is -2.36. The fourth-order valence-electron chi connectivity index (χ4n) is 3.92. The van der Waals surface area contributed by atoms with Crippen molar-refractivity contribution in [2.24, 2.45) is 0 Å². The van der Waals surface area contributed by atoms with E-state index in [1.165, 1.54) is 0 Å². The van der Waals surface area contributed by atoms with Gasteiger partial charge in [0, 0.05) is 24.5 Å². The SMILES string of the molecule is COc1ccc(OC)c(C(=O)N2CCCC[C@@H]2c2[nH]ncc2-c2ccncc2)c1. The predicted octanol–water partition coefficient (Wildman–Crippen LogP) is 3.86. The molecule has 0 bridgehead atoms. The van der Waals surface area contributed by atoms with Crippen LogP contribution in [0.4, 0.5) is 0 Å². The third-order valence-corrected chi connectivity index (χ3v) is 5.39. The van der Waals surface area contributed by atoms with Gasteiger partial charge in [0.05, 0.1) is 37.7 Å². The van der Waals surface area contributed by atoms with Gasteiger partial charge in [-0.05, 0) is 55.2 Å². The second kappa shape index (κ2) is 8.34. The zero-order valence-corrected chi connectivity index (χ0v) is 16.6. The van der Waals surface area contributed by atoms with E-state index in [0.717, 1.165) is 36.1 Å². The predicted molar refractivity (Wildman–Crippen MR) is 109 cm³/mol. The normalized spacial score (nSPS) is 16.5. The minimum Gasteiger partial charge on any atom is -0.497 e. The Bertz CT molecular complexity index is 987. The molecule has 0 spiro atoms. The second-order valence-electron chi connectivity index (χ2n) is 7.01. The summed E-state index contributed by atoms with van der Waals surface area (Å²) < 4.78 is 10.8. The van der Waals surface area contributed by atoms with Crippen molar-refractivity contribution in [1.29, 1.82) is 0 Å². The molecule has 0 radical (unpaired) electrons. The van der Waals surface area contributed by atoms with Crippen molar-refractivity contribution in [1.82, 2.24) is 20.1 Å². The van der Waals surface area contributed by atoms with Gasteiger partial charge >= 0.3 is 0 Å². The molecular formula is C22H24N4O3. The fraction of sp³-hybridized carbons (Fsp3) is 0.318. The number of nitrogens with one attached hydrogen (secondary N) is 1. The van der Waals surface area contributed by atoms with E-state index in [9.17, 15) is 4.79 Å². The first-order valence-corrected chi connectivity index (χ1v) is 9.69. The molecule has 1 fully saturated rings. The van der Waals surface area contributed by atoms with Crippen LogP contribution in [-0.2, 0) is 0 Å². The van der Waals surface area contributed by atoms with Crippen LogP contribution in [0.2, 0.25) is 0 Å². The van der Waals surface area contributed by atoms with Gasteiger partial charge < -0.3 is 14.4 Å². The van der Waals surface area contributed by atoms with Gasteiger partial charge in [0.1, 0.15) is 11.5 Å². The molecule has 0 unspecified atom stereocenters. The van der Waals surface area contributed by atoms with Crippen LogP contribution in [0.25, 0.3) is 11.1 Å². The van der Waals surface area contributed by atoms with Crippen LogP contribution in [0.1, 0.15) is 41.4 Å². The molecule has 1 saturated heterocycles. The molecule has 1 atom stereocenters. The Balaban J connectivity index is 1.71. The molecule has 150 valence electrons. The number of carbonyl (C=O) groups is 1. The molecule has 29 heavy (non-hydrogen) atoms. The molecule has 7 heteroatoms. The molecule has 4 rings (SSSR count). The lowest BCUT2D eigenvalue weighted by molar-refractivity contribution is 0.0603. The second-order valence-corrected chi connectivity index (χ2v) is 7.01. The zero-order valence-electron chi connectivity index (χ0n) is 16.6. The molecule has 7 nitrogen and oxygen atoms in total. The fourth-order valence-corrected chi connectivity index (χ4v) is 3.92. The topological polar surface area (TPSA) is 80.3 Å². The number of carbonyl (C=O) groups excluding carboxylic acids is 1. The van der Waals surface area contributed by atoms with Crippen molar-refractivity contribution in [3.63, 3.8) is 0 Å². The zero-order chi connectivity index (χ0) is 20.2. The number of amides is 1. The van der Waals surface area contributed by atoms with Crippen LogP contribution < -0.4 is 9.47 Å².